The molecule has 2 rings (SSSR count). The Hall–Kier alpha value is -0.910. The molecule has 0 fully saturated rings. The number of aromatic nitrogens is 1. The molecule has 2 nitrogen and oxygen atoms in total. The smallest absolute Gasteiger partial charge is 0.155 e. The Morgan fingerprint density at radius 1 is 1.19 bits per heavy atom. The largest absolute Gasteiger partial charge is 0.371 e. The number of hydrogen-bond donors (Lipinski definition) is 1. The van der Waals surface area contributed by atoms with Crippen LogP contribution in [0.25, 0.3) is 0 Å². The molecule has 0 bridgehead atoms. The molecule has 1 aromatic heterocycles. The molecule has 21 heavy (non-hydrogen) atoms. The number of aryl methyl sites for hydroxylation is 2. The van der Waals surface area contributed by atoms with Crippen LogP contribution >= 0.6 is 35.3 Å². The average Bonchev–Trinajstić information content (AvgIpc) is 2.67. The van der Waals surface area contributed by atoms with Crippen molar-refractivity contribution >= 4 is 40.3 Å². The van der Waals surface area contributed by atoms with Gasteiger partial charge in [0.25, 0.3) is 0 Å². The molecule has 112 valence electrons. The van der Waals surface area contributed by atoms with Crippen molar-refractivity contribution < 1.29 is 0 Å². The number of nitrogens with zero attached hydrogens (tertiary/aromatic N) is 1. The van der Waals surface area contributed by atoms with Crippen molar-refractivity contribution in [1.82, 2.24) is 10.3 Å². The van der Waals surface area contributed by atoms with Gasteiger partial charge in [-0.2, -0.15) is 0 Å². The highest BCUT2D eigenvalue weighted by atomic mass is 32.2. The second-order valence-corrected chi connectivity index (χ2v) is 8.88. The molecule has 0 saturated heterocycles. The molecule has 2 aromatic rings. The minimum Gasteiger partial charge on any atom is -0.371 e. The molecule has 1 N–H and O–H groups in total. The van der Waals surface area contributed by atoms with Crippen molar-refractivity contribution in [3.63, 3.8) is 0 Å². The number of thiocarbonyl (C=S) groups is 1. The van der Waals surface area contributed by atoms with E-state index >= 15 is 0 Å². The summed E-state index contributed by atoms with van der Waals surface area (Å²) in [6.07, 6.45) is 0. The highest BCUT2D eigenvalue weighted by Crippen LogP contribution is 2.32. The van der Waals surface area contributed by atoms with Gasteiger partial charge in [-0.3, -0.25) is 0 Å². The first kappa shape index (κ1) is 16.5. The molecule has 0 radical (unpaired) electrons. The molecular weight excluding hydrogens is 316 g/mol. The van der Waals surface area contributed by atoms with Gasteiger partial charge in [0.15, 0.2) is 4.34 Å². The molecule has 0 atom stereocenters. The number of thiazole rings is 1. The quantitative estimate of drug-likeness (QED) is 0.800. The SMILES string of the molecule is Cc1nc(Sc2ccc(C(=S)NC(C)(C)C)cc2)sc1C. The van der Waals surface area contributed by atoms with Gasteiger partial charge in [0.1, 0.15) is 4.99 Å². The highest BCUT2D eigenvalue weighted by molar-refractivity contribution is 8.01. The summed E-state index contributed by atoms with van der Waals surface area (Å²) < 4.78 is 1.09. The molecule has 1 aromatic carbocycles. The van der Waals surface area contributed by atoms with Gasteiger partial charge >= 0.3 is 0 Å². The molecular formula is C16H20N2S3. The van der Waals surface area contributed by atoms with E-state index in [9.17, 15) is 0 Å². The first-order valence-electron chi connectivity index (χ1n) is 6.79. The first-order chi connectivity index (χ1) is 9.74. The summed E-state index contributed by atoms with van der Waals surface area (Å²) >= 11 is 8.88. The lowest BCUT2D eigenvalue weighted by molar-refractivity contribution is 0.515. The van der Waals surface area contributed by atoms with Crippen LogP contribution in [0.1, 0.15) is 36.9 Å². The Labute approximate surface area is 140 Å². The van der Waals surface area contributed by atoms with Crippen LogP contribution in [-0.4, -0.2) is 15.5 Å². The fourth-order valence-corrected chi connectivity index (χ4v) is 4.24. The Bertz CT molecular complexity index is 617. The molecule has 5 heteroatoms. The maximum absolute atomic E-state index is 5.43. The van der Waals surface area contributed by atoms with Gasteiger partial charge in [0.2, 0.25) is 0 Å². The van der Waals surface area contributed by atoms with Crippen molar-refractivity contribution in [2.45, 2.75) is 49.4 Å². The van der Waals surface area contributed by atoms with Gasteiger partial charge in [0.05, 0.1) is 5.69 Å². The van der Waals surface area contributed by atoms with E-state index in [0.717, 1.165) is 20.6 Å². The normalized spacial score (nSPS) is 11.5. The Balaban J connectivity index is 2.07. The van der Waals surface area contributed by atoms with E-state index in [2.05, 4.69) is 69.2 Å². The van der Waals surface area contributed by atoms with Gasteiger partial charge in [-0.1, -0.05) is 36.1 Å². The van der Waals surface area contributed by atoms with E-state index < -0.39 is 0 Å². The first-order valence-corrected chi connectivity index (χ1v) is 8.83. The Morgan fingerprint density at radius 2 is 1.81 bits per heavy atom. The fraction of sp³-hybridized carbons (Fsp3) is 0.375. The summed E-state index contributed by atoms with van der Waals surface area (Å²) in [5.41, 5.74) is 2.16. The van der Waals surface area contributed by atoms with Crippen LogP contribution in [0, 0.1) is 13.8 Å². The average molecular weight is 337 g/mol. The molecule has 0 spiro atoms. The van der Waals surface area contributed by atoms with Crippen LogP contribution in [-0.2, 0) is 0 Å². The number of hydrogen-bond acceptors (Lipinski definition) is 4. The van der Waals surface area contributed by atoms with Crippen LogP contribution in [0.3, 0.4) is 0 Å². The zero-order valence-electron chi connectivity index (χ0n) is 13.0. The summed E-state index contributed by atoms with van der Waals surface area (Å²) in [5.74, 6) is 0. The van der Waals surface area contributed by atoms with Crippen LogP contribution in [0.5, 0.6) is 0 Å². The molecule has 0 aliphatic rings. The third-order valence-corrected chi connectivity index (χ3v) is 5.30. The summed E-state index contributed by atoms with van der Waals surface area (Å²) in [4.78, 5) is 7.81. The second-order valence-electron chi connectivity index (χ2n) is 5.95. The third-order valence-electron chi connectivity index (χ3n) is 2.82. The summed E-state index contributed by atoms with van der Waals surface area (Å²) in [6, 6.07) is 8.33. The van der Waals surface area contributed by atoms with Crippen molar-refractivity contribution in [2.75, 3.05) is 0 Å². The molecule has 0 amide bonds. The lowest BCUT2D eigenvalue weighted by Crippen LogP contribution is -2.39. The molecule has 0 aliphatic heterocycles. The standard InChI is InChI=1S/C16H20N2S3/c1-10-11(2)20-15(17-10)21-13-8-6-12(7-9-13)14(19)18-16(3,4)5/h6-9H,1-5H3,(H,18,19). The van der Waals surface area contributed by atoms with E-state index in [1.54, 1.807) is 23.1 Å². The van der Waals surface area contributed by atoms with Crippen LogP contribution in [0.4, 0.5) is 0 Å². The summed E-state index contributed by atoms with van der Waals surface area (Å²) in [5, 5.41) is 3.33. The van der Waals surface area contributed by atoms with Gasteiger partial charge in [-0.05, 0) is 46.8 Å². The molecule has 0 unspecified atom stereocenters. The van der Waals surface area contributed by atoms with Crippen LogP contribution in [0.2, 0.25) is 0 Å². The van der Waals surface area contributed by atoms with Crippen molar-refractivity contribution in [3.05, 3.63) is 40.4 Å². The van der Waals surface area contributed by atoms with E-state index in [-0.39, 0.29) is 5.54 Å². The molecule has 0 aliphatic carbocycles. The molecule has 0 saturated carbocycles. The molecule has 1 heterocycles. The van der Waals surface area contributed by atoms with Gasteiger partial charge in [0, 0.05) is 20.9 Å². The number of nitrogens with one attached hydrogen (secondary N) is 1. The summed E-state index contributed by atoms with van der Waals surface area (Å²) in [6.45, 7) is 10.5. The Morgan fingerprint density at radius 3 is 2.29 bits per heavy atom. The van der Waals surface area contributed by atoms with Crippen LogP contribution < -0.4 is 5.32 Å². The van der Waals surface area contributed by atoms with E-state index in [4.69, 9.17) is 12.2 Å². The van der Waals surface area contributed by atoms with E-state index in [0.29, 0.717) is 0 Å². The number of benzene rings is 1. The highest BCUT2D eigenvalue weighted by Gasteiger charge is 2.12. The maximum atomic E-state index is 5.43. The predicted molar refractivity (Wildman–Crippen MR) is 96.7 cm³/mol. The minimum atomic E-state index is -0.0134. The zero-order chi connectivity index (χ0) is 15.6. The third kappa shape index (κ3) is 4.80. The monoisotopic (exact) mass is 336 g/mol. The predicted octanol–water partition coefficient (Wildman–Crippen LogP) is 4.97. The van der Waals surface area contributed by atoms with E-state index in [1.165, 1.54) is 9.77 Å². The van der Waals surface area contributed by atoms with Crippen molar-refractivity contribution in [2.24, 2.45) is 0 Å². The maximum Gasteiger partial charge on any atom is 0.155 e. The van der Waals surface area contributed by atoms with Crippen LogP contribution in [0.15, 0.2) is 33.5 Å². The lowest BCUT2D eigenvalue weighted by atomic mass is 10.1. The fourth-order valence-electron chi connectivity index (χ4n) is 1.67. The second kappa shape index (κ2) is 6.46. The minimum absolute atomic E-state index is 0.0134. The lowest BCUT2D eigenvalue weighted by Gasteiger charge is -2.22. The van der Waals surface area contributed by atoms with Gasteiger partial charge < -0.3 is 5.32 Å². The van der Waals surface area contributed by atoms with Crippen molar-refractivity contribution in [3.8, 4) is 0 Å². The van der Waals surface area contributed by atoms with Crippen molar-refractivity contribution in [1.29, 1.82) is 0 Å². The van der Waals surface area contributed by atoms with E-state index in [1.807, 2.05) is 0 Å². The zero-order valence-corrected chi connectivity index (χ0v) is 15.4. The Kier molecular flexibility index (Phi) is 5.07. The van der Waals surface area contributed by atoms with Gasteiger partial charge in [-0.25, -0.2) is 4.98 Å². The number of rotatable bonds is 3. The summed E-state index contributed by atoms with van der Waals surface area (Å²) in [7, 11) is 0. The topological polar surface area (TPSA) is 24.9 Å². The van der Waals surface area contributed by atoms with Gasteiger partial charge in [-0.15, -0.1) is 11.3 Å².